The van der Waals surface area contributed by atoms with E-state index in [4.69, 9.17) is 11.6 Å². The number of amides is 2. The lowest BCUT2D eigenvalue weighted by Crippen LogP contribution is -2.54. The molecule has 0 radical (unpaired) electrons. The molecule has 4 aromatic rings. The van der Waals surface area contributed by atoms with Crippen LogP contribution in [0.5, 0.6) is 0 Å². The molecule has 7 nitrogen and oxygen atoms in total. The number of carbonyl (C=O) groups is 2. The molecule has 0 saturated heterocycles. The molecular weight excluding hydrogens is 630 g/mol. The number of aryl methyl sites for hydroxylation is 3. The molecule has 4 aromatic carbocycles. The lowest BCUT2D eigenvalue weighted by atomic mass is 10.0. The first-order valence-corrected chi connectivity index (χ1v) is 17.9. The summed E-state index contributed by atoms with van der Waals surface area (Å²) in [6.07, 6.45) is 4.17. The number of rotatable bonds is 12. The lowest BCUT2D eigenvalue weighted by molar-refractivity contribution is -0.140. The number of carbonyl (C=O) groups excluding carboxylic acids is 2. The van der Waals surface area contributed by atoms with Gasteiger partial charge in [0.15, 0.2) is 0 Å². The Kier molecular flexibility index (Phi) is 11.0. The van der Waals surface area contributed by atoms with Gasteiger partial charge in [0, 0.05) is 24.0 Å². The van der Waals surface area contributed by atoms with Crippen LogP contribution in [0.3, 0.4) is 0 Å². The third kappa shape index (κ3) is 8.62. The van der Waals surface area contributed by atoms with Gasteiger partial charge in [0.2, 0.25) is 11.8 Å². The molecule has 0 bridgehead atoms. The Balaban J connectivity index is 1.58. The van der Waals surface area contributed by atoms with Crippen LogP contribution in [0.15, 0.2) is 102 Å². The van der Waals surface area contributed by atoms with Gasteiger partial charge >= 0.3 is 0 Å². The van der Waals surface area contributed by atoms with E-state index in [9.17, 15) is 18.0 Å². The Hall–Kier alpha value is -4.14. The Morgan fingerprint density at radius 2 is 1.51 bits per heavy atom. The monoisotopic (exact) mass is 671 g/mol. The molecule has 0 unspecified atom stereocenters. The number of nitrogens with one attached hydrogen (secondary N) is 1. The first-order chi connectivity index (χ1) is 22.5. The van der Waals surface area contributed by atoms with Gasteiger partial charge in [-0.05, 0) is 80.6 Å². The fraction of sp³-hybridized carbons (Fsp3) is 0.316. The van der Waals surface area contributed by atoms with Gasteiger partial charge < -0.3 is 10.2 Å². The second-order valence-electron chi connectivity index (χ2n) is 12.5. The molecule has 1 fully saturated rings. The van der Waals surface area contributed by atoms with Crippen LogP contribution in [0.25, 0.3) is 0 Å². The van der Waals surface area contributed by atoms with E-state index in [0.29, 0.717) is 16.3 Å². The molecule has 2 amide bonds. The average Bonchev–Trinajstić information content (AvgIpc) is 3.55. The molecule has 0 aliphatic heterocycles. The van der Waals surface area contributed by atoms with Crippen LogP contribution in [-0.4, -0.2) is 43.8 Å². The number of hydrogen-bond donors (Lipinski definition) is 1. The molecule has 9 heteroatoms. The molecule has 246 valence electrons. The molecule has 0 spiro atoms. The maximum Gasteiger partial charge on any atom is 0.264 e. The number of anilines is 1. The van der Waals surface area contributed by atoms with Gasteiger partial charge in [-0.1, -0.05) is 102 Å². The minimum Gasteiger partial charge on any atom is -0.352 e. The SMILES string of the molecule is Cc1ccc(S(=O)(=O)N(CC(=O)N(Cc2cccc(C)c2)[C@@H](Cc2ccccc2)C(=O)NC2CCCC2)c2ccc(Cl)cc2C)cc1. The van der Waals surface area contributed by atoms with Crippen LogP contribution >= 0.6 is 11.6 Å². The van der Waals surface area contributed by atoms with E-state index in [0.717, 1.165) is 52.2 Å². The van der Waals surface area contributed by atoms with E-state index >= 15 is 0 Å². The van der Waals surface area contributed by atoms with Crippen molar-refractivity contribution in [1.29, 1.82) is 0 Å². The Morgan fingerprint density at radius 1 is 0.830 bits per heavy atom. The summed E-state index contributed by atoms with van der Waals surface area (Å²) in [5.74, 6) is -0.726. The summed E-state index contributed by atoms with van der Waals surface area (Å²) < 4.78 is 29.8. The number of benzene rings is 4. The average molecular weight is 672 g/mol. The van der Waals surface area contributed by atoms with Crippen molar-refractivity contribution in [3.05, 3.63) is 130 Å². The zero-order chi connectivity index (χ0) is 33.6. The van der Waals surface area contributed by atoms with Gasteiger partial charge in [-0.2, -0.15) is 0 Å². The number of hydrogen-bond acceptors (Lipinski definition) is 4. The van der Waals surface area contributed by atoms with Crippen LogP contribution in [-0.2, 0) is 32.6 Å². The largest absolute Gasteiger partial charge is 0.352 e. The van der Waals surface area contributed by atoms with Gasteiger partial charge in [-0.3, -0.25) is 13.9 Å². The third-order valence-corrected chi connectivity index (χ3v) is 10.7. The van der Waals surface area contributed by atoms with Gasteiger partial charge in [0.05, 0.1) is 10.6 Å². The van der Waals surface area contributed by atoms with Crippen molar-refractivity contribution in [3.63, 3.8) is 0 Å². The highest BCUT2D eigenvalue weighted by molar-refractivity contribution is 7.92. The third-order valence-electron chi connectivity index (χ3n) is 8.72. The first-order valence-electron chi connectivity index (χ1n) is 16.1. The maximum atomic E-state index is 14.7. The summed E-state index contributed by atoms with van der Waals surface area (Å²) in [6, 6.07) is 28.1. The van der Waals surface area contributed by atoms with Gasteiger partial charge in [-0.15, -0.1) is 0 Å². The number of nitrogens with zero attached hydrogens (tertiary/aromatic N) is 2. The summed E-state index contributed by atoms with van der Waals surface area (Å²) in [6.45, 7) is 5.25. The zero-order valence-electron chi connectivity index (χ0n) is 27.2. The summed E-state index contributed by atoms with van der Waals surface area (Å²) >= 11 is 6.27. The van der Waals surface area contributed by atoms with Crippen molar-refractivity contribution in [1.82, 2.24) is 10.2 Å². The Morgan fingerprint density at radius 3 is 2.17 bits per heavy atom. The number of halogens is 1. The molecule has 0 heterocycles. The van der Waals surface area contributed by atoms with Gasteiger partial charge in [-0.25, -0.2) is 8.42 Å². The molecule has 1 saturated carbocycles. The van der Waals surface area contributed by atoms with Crippen molar-refractivity contribution in [3.8, 4) is 0 Å². The molecule has 1 aliphatic carbocycles. The van der Waals surface area contributed by atoms with E-state index in [1.807, 2.05) is 68.4 Å². The van der Waals surface area contributed by atoms with Crippen molar-refractivity contribution >= 4 is 39.1 Å². The van der Waals surface area contributed by atoms with E-state index in [-0.39, 0.29) is 29.8 Å². The van der Waals surface area contributed by atoms with Crippen molar-refractivity contribution in [2.45, 2.75) is 76.4 Å². The first kappa shape index (κ1) is 34.2. The highest BCUT2D eigenvalue weighted by Gasteiger charge is 2.36. The minimum absolute atomic E-state index is 0.0480. The van der Waals surface area contributed by atoms with Crippen LogP contribution < -0.4 is 9.62 Å². The quantitative estimate of drug-likeness (QED) is 0.173. The van der Waals surface area contributed by atoms with Crippen molar-refractivity contribution < 1.29 is 18.0 Å². The standard InChI is InChI=1S/C38H42ClN3O4S/c1-27-16-19-34(20-17-27)47(45,46)42(35-21-18-32(39)23-29(35)3)26-37(43)41(25-31-13-9-10-28(2)22-31)36(24-30-11-5-4-6-12-30)38(44)40-33-14-7-8-15-33/h4-6,9-13,16-23,33,36H,7-8,14-15,24-26H2,1-3H3,(H,40,44)/t36-/m0/s1. The second kappa shape index (κ2) is 15.2. The molecule has 5 rings (SSSR count). The highest BCUT2D eigenvalue weighted by Crippen LogP contribution is 2.30. The van der Waals surface area contributed by atoms with Gasteiger partial charge in [0.25, 0.3) is 10.0 Å². The smallest absolute Gasteiger partial charge is 0.264 e. The molecule has 1 atom stereocenters. The van der Waals surface area contributed by atoms with Crippen molar-refractivity contribution in [2.75, 3.05) is 10.8 Å². The van der Waals surface area contributed by atoms with E-state index in [2.05, 4.69) is 5.32 Å². The predicted octanol–water partition coefficient (Wildman–Crippen LogP) is 7.16. The van der Waals surface area contributed by atoms with Crippen LogP contribution in [0.2, 0.25) is 5.02 Å². The van der Waals surface area contributed by atoms with E-state index < -0.39 is 28.5 Å². The zero-order valence-corrected chi connectivity index (χ0v) is 28.7. The van der Waals surface area contributed by atoms with Crippen LogP contribution in [0.1, 0.15) is 53.5 Å². The lowest BCUT2D eigenvalue weighted by Gasteiger charge is -2.34. The highest BCUT2D eigenvalue weighted by atomic mass is 35.5. The normalized spacial score (nSPS) is 14.0. The topological polar surface area (TPSA) is 86.8 Å². The predicted molar refractivity (Wildman–Crippen MR) is 188 cm³/mol. The summed E-state index contributed by atoms with van der Waals surface area (Å²) in [5, 5.41) is 3.67. The molecular formula is C38H42ClN3O4S. The van der Waals surface area contributed by atoms with Gasteiger partial charge in [0.1, 0.15) is 12.6 Å². The number of sulfonamides is 1. The summed E-state index contributed by atoms with van der Waals surface area (Å²) in [5.41, 5.74) is 4.63. The van der Waals surface area contributed by atoms with Crippen LogP contribution in [0.4, 0.5) is 5.69 Å². The fourth-order valence-corrected chi connectivity index (χ4v) is 7.88. The molecule has 1 N–H and O–H groups in total. The maximum absolute atomic E-state index is 14.7. The van der Waals surface area contributed by atoms with Crippen molar-refractivity contribution in [2.24, 2.45) is 0 Å². The molecule has 1 aliphatic rings. The molecule has 47 heavy (non-hydrogen) atoms. The molecule has 0 aromatic heterocycles. The second-order valence-corrected chi connectivity index (χ2v) is 14.8. The minimum atomic E-state index is -4.20. The van der Waals surface area contributed by atoms with E-state index in [1.54, 1.807) is 54.3 Å². The Bertz CT molecular complexity index is 1810. The fourth-order valence-electron chi connectivity index (χ4n) is 6.18. The summed E-state index contributed by atoms with van der Waals surface area (Å²) in [4.78, 5) is 30.5. The van der Waals surface area contributed by atoms with Crippen LogP contribution in [0, 0.1) is 20.8 Å². The van der Waals surface area contributed by atoms with E-state index in [1.165, 1.54) is 0 Å². The Labute approximate surface area is 283 Å². The summed E-state index contributed by atoms with van der Waals surface area (Å²) in [7, 11) is -4.20.